The fourth-order valence-corrected chi connectivity index (χ4v) is 6.16. The highest BCUT2D eigenvalue weighted by molar-refractivity contribution is 7.89. The summed E-state index contributed by atoms with van der Waals surface area (Å²) >= 11 is 1.45. The zero-order chi connectivity index (χ0) is 25.9. The van der Waals surface area contributed by atoms with Crippen LogP contribution in [0.2, 0.25) is 0 Å². The van der Waals surface area contributed by atoms with Gasteiger partial charge in [0.2, 0.25) is 10.0 Å². The quantitative estimate of drug-likeness (QED) is 0.295. The van der Waals surface area contributed by atoms with Gasteiger partial charge in [-0.3, -0.25) is 14.4 Å². The molecule has 0 spiro atoms. The molecule has 2 heterocycles. The smallest absolute Gasteiger partial charge is 0.260 e. The van der Waals surface area contributed by atoms with E-state index in [1.54, 1.807) is 24.1 Å². The zero-order valence-corrected chi connectivity index (χ0v) is 22.6. The predicted molar refractivity (Wildman–Crippen MR) is 144 cm³/mol. The van der Waals surface area contributed by atoms with Crippen LogP contribution in [0.25, 0.3) is 10.2 Å². The lowest BCUT2D eigenvalue weighted by Gasteiger charge is -2.21. The molecule has 0 aliphatic heterocycles. The Hall–Kier alpha value is -3.08. The van der Waals surface area contributed by atoms with Crippen molar-refractivity contribution >= 4 is 42.6 Å². The number of aryl methyl sites for hydroxylation is 2. The molecule has 2 aromatic carbocycles. The predicted octanol–water partition coefficient (Wildman–Crippen LogP) is 4.88. The Labute approximate surface area is 216 Å². The second-order valence-electron chi connectivity index (χ2n) is 8.78. The van der Waals surface area contributed by atoms with E-state index in [0.717, 1.165) is 34.4 Å². The van der Waals surface area contributed by atoms with Gasteiger partial charge in [-0.05, 0) is 62.7 Å². The minimum atomic E-state index is -3.61. The van der Waals surface area contributed by atoms with Gasteiger partial charge in [-0.25, -0.2) is 17.7 Å². The number of hydrogen-bond acceptors (Lipinski definition) is 6. The number of benzene rings is 2. The van der Waals surface area contributed by atoms with E-state index in [1.807, 2.05) is 55.8 Å². The van der Waals surface area contributed by atoms with Crippen molar-refractivity contribution in [3.63, 3.8) is 0 Å². The van der Waals surface area contributed by atoms with Crippen LogP contribution in [0.5, 0.6) is 0 Å². The molecule has 0 aliphatic rings. The van der Waals surface area contributed by atoms with Crippen LogP contribution in [0.3, 0.4) is 0 Å². The number of rotatable bonds is 10. The van der Waals surface area contributed by atoms with E-state index in [9.17, 15) is 13.2 Å². The van der Waals surface area contributed by atoms with Gasteiger partial charge in [0.1, 0.15) is 0 Å². The molecule has 4 rings (SSSR count). The summed E-state index contributed by atoms with van der Waals surface area (Å²) in [5.41, 5.74) is 3.17. The highest BCUT2D eigenvalue weighted by Crippen LogP contribution is 2.30. The molecule has 0 N–H and O–H groups in total. The molecular formula is C26H31N5O3S2. The number of aromatic nitrogens is 3. The SMILES string of the molecule is CCCCN(C)S(=O)(=O)c1ccc(C(=O)N(CCn2nc(C)cc2C)c2nc3ccccc3s2)cc1. The number of anilines is 1. The van der Waals surface area contributed by atoms with Gasteiger partial charge in [0.25, 0.3) is 5.91 Å². The van der Waals surface area contributed by atoms with Crippen LogP contribution in [-0.4, -0.2) is 53.5 Å². The van der Waals surface area contributed by atoms with Crippen molar-refractivity contribution in [1.29, 1.82) is 0 Å². The van der Waals surface area contributed by atoms with Crippen molar-refractivity contribution in [2.45, 2.75) is 45.1 Å². The molecule has 10 heteroatoms. The summed E-state index contributed by atoms with van der Waals surface area (Å²) in [5, 5.41) is 5.11. The standard InChI is InChI=1S/C26H31N5O3S2/c1-5-6-15-29(4)36(33,34)22-13-11-21(12-14-22)25(32)30(16-17-31-20(3)18-19(2)28-31)26-27-23-9-7-8-10-24(23)35-26/h7-14,18H,5-6,15-17H2,1-4H3. The third kappa shape index (κ3) is 5.50. The summed E-state index contributed by atoms with van der Waals surface area (Å²) in [7, 11) is -2.02. The molecule has 0 saturated carbocycles. The Bertz CT molecular complexity index is 1430. The van der Waals surface area contributed by atoms with Gasteiger partial charge in [0.15, 0.2) is 5.13 Å². The molecule has 1 amide bonds. The van der Waals surface area contributed by atoms with Crippen molar-refractivity contribution in [2.24, 2.45) is 0 Å². The average molecular weight is 526 g/mol. The number of unbranched alkanes of at least 4 members (excludes halogenated alkanes) is 1. The Morgan fingerprint density at radius 3 is 2.42 bits per heavy atom. The van der Waals surface area contributed by atoms with Crippen LogP contribution < -0.4 is 4.90 Å². The van der Waals surface area contributed by atoms with Gasteiger partial charge in [-0.2, -0.15) is 5.10 Å². The van der Waals surface area contributed by atoms with Crippen LogP contribution in [0.15, 0.2) is 59.5 Å². The fourth-order valence-electron chi connectivity index (χ4n) is 3.96. The van der Waals surface area contributed by atoms with Gasteiger partial charge in [0.05, 0.1) is 27.4 Å². The number of nitrogens with zero attached hydrogens (tertiary/aromatic N) is 5. The lowest BCUT2D eigenvalue weighted by molar-refractivity contribution is 0.0985. The molecule has 0 bridgehead atoms. The molecule has 0 fully saturated rings. The first kappa shape index (κ1) is 26.0. The molecule has 0 atom stereocenters. The Kier molecular flexibility index (Phi) is 7.87. The first-order chi connectivity index (χ1) is 17.2. The summed E-state index contributed by atoms with van der Waals surface area (Å²) in [6.07, 6.45) is 1.70. The minimum absolute atomic E-state index is 0.173. The summed E-state index contributed by atoms with van der Waals surface area (Å²) < 4.78 is 30.0. The van der Waals surface area contributed by atoms with E-state index in [4.69, 9.17) is 4.98 Å². The molecule has 190 valence electrons. The van der Waals surface area contributed by atoms with Gasteiger partial charge in [-0.1, -0.05) is 36.8 Å². The lowest BCUT2D eigenvalue weighted by atomic mass is 10.2. The maximum atomic E-state index is 13.7. The number of para-hydroxylation sites is 1. The number of hydrogen-bond donors (Lipinski definition) is 0. The first-order valence-electron chi connectivity index (χ1n) is 12.0. The average Bonchev–Trinajstić information content (AvgIpc) is 3.44. The molecule has 0 saturated heterocycles. The van der Waals surface area contributed by atoms with Crippen LogP contribution in [0.4, 0.5) is 5.13 Å². The van der Waals surface area contributed by atoms with E-state index < -0.39 is 10.0 Å². The van der Waals surface area contributed by atoms with Crippen molar-refractivity contribution in [3.8, 4) is 0 Å². The number of amides is 1. The lowest BCUT2D eigenvalue weighted by Crippen LogP contribution is -2.34. The van der Waals surface area contributed by atoms with E-state index in [0.29, 0.717) is 30.3 Å². The molecule has 0 aliphatic carbocycles. The Balaban J connectivity index is 1.62. The van der Waals surface area contributed by atoms with Crippen molar-refractivity contribution in [1.82, 2.24) is 19.1 Å². The van der Waals surface area contributed by atoms with E-state index in [2.05, 4.69) is 5.10 Å². The van der Waals surface area contributed by atoms with Crippen LogP contribution in [0, 0.1) is 13.8 Å². The molecule has 4 aromatic rings. The highest BCUT2D eigenvalue weighted by atomic mass is 32.2. The van der Waals surface area contributed by atoms with Crippen molar-refractivity contribution in [2.75, 3.05) is 25.0 Å². The van der Waals surface area contributed by atoms with Crippen LogP contribution >= 0.6 is 11.3 Å². The Morgan fingerprint density at radius 2 is 1.78 bits per heavy atom. The van der Waals surface area contributed by atoms with Crippen LogP contribution in [0.1, 0.15) is 41.5 Å². The third-order valence-corrected chi connectivity index (χ3v) is 8.96. The zero-order valence-electron chi connectivity index (χ0n) is 21.0. The van der Waals surface area contributed by atoms with Crippen LogP contribution in [-0.2, 0) is 16.6 Å². The molecular weight excluding hydrogens is 494 g/mol. The monoisotopic (exact) mass is 525 g/mol. The second kappa shape index (κ2) is 10.9. The highest BCUT2D eigenvalue weighted by Gasteiger charge is 2.24. The number of sulfonamides is 1. The number of thiazole rings is 1. The minimum Gasteiger partial charge on any atom is -0.282 e. The van der Waals surface area contributed by atoms with E-state index in [1.165, 1.54) is 27.8 Å². The Morgan fingerprint density at radius 1 is 1.06 bits per heavy atom. The molecule has 0 radical (unpaired) electrons. The summed E-state index contributed by atoms with van der Waals surface area (Å²) in [6, 6.07) is 15.9. The number of carbonyl (C=O) groups excluding carboxylic acids is 1. The van der Waals surface area contributed by atoms with Crippen molar-refractivity contribution in [3.05, 3.63) is 71.5 Å². The molecule has 2 aromatic heterocycles. The largest absolute Gasteiger partial charge is 0.282 e. The second-order valence-corrected chi connectivity index (χ2v) is 11.8. The molecule has 0 unspecified atom stereocenters. The summed E-state index contributed by atoms with van der Waals surface area (Å²) in [5.74, 6) is -0.237. The third-order valence-electron chi connectivity index (χ3n) is 6.03. The van der Waals surface area contributed by atoms with Gasteiger partial charge < -0.3 is 0 Å². The van der Waals surface area contributed by atoms with E-state index >= 15 is 0 Å². The normalized spacial score (nSPS) is 11.9. The summed E-state index contributed by atoms with van der Waals surface area (Å²) in [4.78, 5) is 20.2. The van der Waals surface area contributed by atoms with E-state index in [-0.39, 0.29) is 10.8 Å². The topological polar surface area (TPSA) is 88.4 Å². The maximum absolute atomic E-state index is 13.7. The first-order valence-corrected chi connectivity index (χ1v) is 14.2. The van der Waals surface area contributed by atoms with Gasteiger partial charge in [0, 0.05) is 31.4 Å². The number of carbonyl (C=O) groups is 1. The molecule has 36 heavy (non-hydrogen) atoms. The van der Waals surface area contributed by atoms with Gasteiger partial charge in [-0.15, -0.1) is 0 Å². The molecule has 8 nitrogen and oxygen atoms in total. The summed E-state index contributed by atoms with van der Waals surface area (Å²) in [6.45, 7) is 7.29. The van der Waals surface area contributed by atoms with Gasteiger partial charge >= 0.3 is 0 Å². The fraction of sp³-hybridized carbons (Fsp3) is 0.346. The van der Waals surface area contributed by atoms with Crippen molar-refractivity contribution < 1.29 is 13.2 Å². The maximum Gasteiger partial charge on any atom is 0.260 e. The number of fused-ring (bicyclic) bond motifs is 1.